The van der Waals surface area contributed by atoms with Crippen LogP contribution in [0.25, 0.3) is 0 Å². The molecule has 5 nitrogen and oxygen atoms in total. The highest BCUT2D eigenvalue weighted by Crippen LogP contribution is 2.14. The van der Waals surface area contributed by atoms with Gasteiger partial charge in [-0.25, -0.2) is 13.1 Å². The highest BCUT2D eigenvalue weighted by molar-refractivity contribution is 7.89. The van der Waals surface area contributed by atoms with E-state index in [1.807, 2.05) is 26.0 Å². The predicted molar refractivity (Wildman–Crippen MR) is 104 cm³/mol. The summed E-state index contributed by atoms with van der Waals surface area (Å²) in [7, 11) is -3.68. The zero-order valence-corrected chi connectivity index (χ0v) is 16.5. The number of nitrogens with one attached hydrogen (secondary N) is 1. The number of amides is 1. The van der Waals surface area contributed by atoms with Crippen molar-refractivity contribution < 1.29 is 13.2 Å². The number of benzene rings is 2. The molecule has 1 amide bonds. The first kappa shape index (κ1) is 20.4. The van der Waals surface area contributed by atoms with Crippen LogP contribution in [0, 0.1) is 0 Å². The Morgan fingerprint density at radius 1 is 1.08 bits per heavy atom. The zero-order chi connectivity index (χ0) is 19.2. The number of halogens is 1. The molecule has 0 spiro atoms. The summed E-state index contributed by atoms with van der Waals surface area (Å²) < 4.78 is 27.6. The maximum absolute atomic E-state index is 12.5. The van der Waals surface area contributed by atoms with Crippen molar-refractivity contribution in [1.82, 2.24) is 9.62 Å². The van der Waals surface area contributed by atoms with E-state index in [2.05, 4.69) is 4.72 Å². The van der Waals surface area contributed by atoms with Gasteiger partial charge in [-0.15, -0.1) is 0 Å². The second kappa shape index (κ2) is 9.16. The second-order valence-electron chi connectivity index (χ2n) is 5.78. The van der Waals surface area contributed by atoms with Gasteiger partial charge in [0, 0.05) is 30.2 Å². The first-order valence-corrected chi connectivity index (χ1v) is 10.4. The van der Waals surface area contributed by atoms with Crippen LogP contribution in [0.15, 0.2) is 53.4 Å². The van der Waals surface area contributed by atoms with E-state index in [1.54, 1.807) is 29.2 Å². The molecule has 0 saturated heterocycles. The third kappa shape index (κ3) is 5.30. The summed E-state index contributed by atoms with van der Waals surface area (Å²) >= 11 is 5.84. The summed E-state index contributed by atoms with van der Waals surface area (Å²) in [4.78, 5) is 14.2. The van der Waals surface area contributed by atoms with Gasteiger partial charge >= 0.3 is 0 Å². The Labute approximate surface area is 160 Å². The van der Waals surface area contributed by atoms with Gasteiger partial charge in [0.25, 0.3) is 5.91 Å². The molecule has 0 aromatic heterocycles. The first-order valence-electron chi connectivity index (χ1n) is 8.50. The Hall–Kier alpha value is -1.89. The highest BCUT2D eigenvalue weighted by atomic mass is 35.5. The molecule has 7 heteroatoms. The van der Waals surface area contributed by atoms with E-state index in [1.165, 1.54) is 12.1 Å². The monoisotopic (exact) mass is 394 g/mol. The van der Waals surface area contributed by atoms with Crippen molar-refractivity contribution in [3.8, 4) is 0 Å². The maximum Gasteiger partial charge on any atom is 0.253 e. The van der Waals surface area contributed by atoms with Crippen LogP contribution in [-0.4, -0.2) is 38.9 Å². The highest BCUT2D eigenvalue weighted by Gasteiger charge is 2.18. The lowest BCUT2D eigenvalue weighted by Crippen LogP contribution is -2.31. The van der Waals surface area contributed by atoms with Gasteiger partial charge in [0.05, 0.1) is 4.90 Å². The van der Waals surface area contributed by atoms with E-state index in [9.17, 15) is 13.2 Å². The van der Waals surface area contributed by atoms with E-state index in [0.717, 1.165) is 5.56 Å². The second-order valence-corrected chi connectivity index (χ2v) is 7.98. The summed E-state index contributed by atoms with van der Waals surface area (Å²) in [6.45, 7) is 5.19. The predicted octanol–water partition coefficient (Wildman–Crippen LogP) is 3.34. The van der Waals surface area contributed by atoms with Gasteiger partial charge in [0.2, 0.25) is 10.0 Å². The largest absolute Gasteiger partial charge is 0.339 e. The topological polar surface area (TPSA) is 66.5 Å². The number of nitrogens with zero attached hydrogens (tertiary/aromatic N) is 1. The molecule has 0 aliphatic rings. The van der Waals surface area contributed by atoms with Gasteiger partial charge in [0.15, 0.2) is 0 Å². The van der Waals surface area contributed by atoms with E-state index >= 15 is 0 Å². The van der Waals surface area contributed by atoms with E-state index < -0.39 is 10.0 Å². The number of rotatable bonds is 8. The maximum atomic E-state index is 12.5. The quantitative estimate of drug-likeness (QED) is 0.746. The van der Waals surface area contributed by atoms with Gasteiger partial charge in [-0.2, -0.15) is 0 Å². The Bertz CT molecular complexity index is 847. The Kier molecular flexibility index (Phi) is 7.20. The molecule has 2 aromatic rings. The van der Waals surface area contributed by atoms with Gasteiger partial charge in [-0.3, -0.25) is 4.79 Å². The van der Waals surface area contributed by atoms with Crippen molar-refractivity contribution >= 4 is 27.5 Å². The lowest BCUT2D eigenvalue weighted by molar-refractivity contribution is 0.0772. The Morgan fingerprint density at radius 2 is 1.73 bits per heavy atom. The fraction of sp³-hybridized carbons (Fsp3) is 0.316. The van der Waals surface area contributed by atoms with Crippen molar-refractivity contribution in [2.45, 2.75) is 25.2 Å². The molecule has 2 rings (SSSR count). The number of sulfonamides is 1. The molecule has 2 aromatic carbocycles. The van der Waals surface area contributed by atoms with Crippen LogP contribution in [0.2, 0.25) is 5.02 Å². The molecule has 0 unspecified atom stereocenters. The number of carbonyl (C=O) groups excluding carboxylic acids is 1. The molecule has 0 fully saturated rings. The van der Waals surface area contributed by atoms with Crippen LogP contribution in [0.5, 0.6) is 0 Å². The minimum atomic E-state index is -3.68. The minimum absolute atomic E-state index is 0.0895. The zero-order valence-electron chi connectivity index (χ0n) is 14.9. The molecule has 0 radical (unpaired) electrons. The van der Waals surface area contributed by atoms with E-state index in [4.69, 9.17) is 11.6 Å². The molecular weight excluding hydrogens is 372 g/mol. The van der Waals surface area contributed by atoms with Crippen LogP contribution in [-0.2, 0) is 16.4 Å². The van der Waals surface area contributed by atoms with E-state index in [0.29, 0.717) is 30.1 Å². The molecule has 0 atom stereocenters. The summed E-state index contributed by atoms with van der Waals surface area (Å²) in [6.07, 6.45) is 0.550. The van der Waals surface area contributed by atoms with Gasteiger partial charge in [0.1, 0.15) is 0 Å². The molecule has 140 valence electrons. The Morgan fingerprint density at radius 3 is 2.35 bits per heavy atom. The third-order valence-electron chi connectivity index (χ3n) is 4.06. The Balaban J connectivity index is 2.07. The van der Waals surface area contributed by atoms with Crippen molar-refractivity contribution in [1.29, 1.82) is 0 Å². The number of carbonyl (C=O) groups is 1. The SMILES string of the molecule is CCN(CC)C(=O)c1cccc(S(=O)(=O)NCCc2ccc(Cl)cc2)c1. The molecule has 0 aliphatic heterocycles. The van der Waals surface area contributed by atoms with Crippen molar-refractivity contribution in [3.63, 3.8) is 0 Å². The average molecular weight is 395 g/mol. The lowest BCUT2D eigenvalue weighted by atomic mass is 10.2. The minimum Gasteiger partial charge on any atom is -0.339 e. The lowest BCUT2D eigenvalue weighted by Gasteiger charge is -2.19. The van der Waals surface area contributed by atoms with Crippen LogP contribution in [0.4, 0.5) is 0 Å². The number of hydrogen-bond donors (Lipinski definition) is 1. The molecule has 0 saturated carbocycles. The smallest absolute Gasteiger partial charge is 0.253 e. The van der Waals surface area contributed by atoms with E-state index in [-0.39, 0.29) is 17.3 Å². The molecule has 26 heavy (non-hydrogen) atoms. The van der Waals surface area contributed by atoms with Crippen LogP contribution < -0.4 is 4.72 Å². The summed E-state index contributed by atoms with van der Waals surface area (Å²) in [5, 5.41) is 0.643. The van der Waals surface area contributed by atoms with Gasteiger partial charge < -0.3 is 4.90 Å². The third-order valence-corrected chi connectivity index (χ3v) is 5.77. The fourth-order valence-corrected chi connectivity index (χ4v) is 3.76. The van der Waals surface area contributed by atoms with Crippen molar-refractivity contribution in [3.05, 3.63) is 64.7 Å². The molecule has 0 heterocycles. The van der Waals surface area contributed by atoms with Crippen LogP contribution in [0.1, 0.15) is 29.8 Å². The normalized spacial score (nSPS) is 11.3. The molecule has 0 aliphatic carbocycles. The van der Waals surface area contributed by atoms with Gasteiger partial charge in [-0.1, -0.05) is 29.8 Å². The average Bonchev–Trinajstić information content (AvgIpc) is 2.64. The standard InChI is InChI=1S/C19H23ClN2O3S/c1-3-22(4-2)19(23)16-6-5-7-18(14-16)26(24,25)21-13-12-15-8-10-17(20)11-9-15/h5-11,14,21H,3-4,12-13H2,1-2H3. The van der Waals surface area contributed by atoms with Crippen molar-refractivity contribution in [2.75, 3.05) is 19.6 Å². The summed E-state index contributed by atoms with van der Waals surface area (Å²) in [5.41, 5.74) is 1.36. The first-order chi connectivity index (χ1) is 12.4. The molecule has 1 N–H and O–H groups in total. The molecular formula is C19H23ClN2O3S. The van der Waals surface area contributed by atoms with Crippen molar-refractivity contribution in [2.24, 2.45) is 0 Å². The van der Waals surface area contributed by atoms with Gasteiger partial charge in [-0.05, 0) is 56.2 Å². The van der Waals surface area contributed by atoms with Crippen LogP contribution in [0.3, 0.4) is 0 Å². The summed E-state index contributed by atoms with van der Waals surface area (Å²) in [5.74, 6) is -0.173. The van der Waals surface area contributed by atoms with Crippen LogP contribution >= 0.6 is 11.6 Å². The fourth-order valence-electron chi connectivity index (χ4n) is 2.55. The number of hydrogen-bond acceptors (Lipinski definition) is 3. The molecule has 0 bridgehead atoms. The summed E-state index contributed by atoms with van der Waals surface area (Å²) in [6, 6.07) is 13.4.